The maximum Gasteiger partial charge on any atom is 0.416 e. The second-order valence-electron chi connectivity index (χ2n) is 9.75. The SMILES string of the molecule is COc1ccccc1CNc1nc([C@@H](C)N2CCN(S(=O)(=O)c3ccc(C(F)(F)F)cc3)CC2)nc2ccccc12. The third-order valence-electron chi connectivity index (χ3n) is 7.27. The molecule has 0 spiro atoms. The third-order valence-corrected chi connectivity index (χ3v) is 9.19. The summed E-state index contributed by atoms with van der Waals surface area (Å²) >= 11 is 0. The van der Waals surface area contributed by atoms with Crippen LogP contribution in [0.1, 0.15) is 29.9 Å². The lowest BCUT2D eigenvalue weighted by Crippen LogP contribution is -2.49. The number of aromatic nitrogens is 2. The fourth-order valence-electron chi connectivity index (χ4n) is 4.90. The first kappa shape index (κ1) is 28.8. The van der Waals surface area contributed by atoms with E-state index in [2.05, 4.69) is 10.2 Å². The van der Waals surface area contributed by atoms with E-state index in [1.165, 1.54) is 4.31 Å². The molecule has 4 aromatic rings. The molecule has 1 saturated heterocycles. The van der Waals surface area contributed by atoms with Crippen molar-refractivity contribution < 1.29 is 26.3 Å². The number of hydrogen-bond acceptors (Lipinski definition) is 7. The van der Waals surface area contributed by atoms with Gasteiger partial charge in [-0.3, -0.25) is 4.90 Å². The van der Waals surface area contributed by atoms with Gasteiger partial charge in [0.1, 0.15) is 17.4 Å². The van der Waals surface area contributed by atoms with E-state index in [0.717, 1.165) is 46.5 Å². The fourth-order valence-corrected chi connectivity index (χ4v) is 6.33. The Kier molecular flexibility index (Phi) is 8.16. The summed E-state index contributed by atoms with van der Waals surface area (Å²) in [7, 11) is -2.29. The van der Waals surface area contributed by atoms with Gasteiger partial charge in [-0.15, -0.1) is 0 Å². The fraction of sp³-hybridized carbons (Fsp3) is 0.310. The van der Waals surface area contributed by atoms with Crippen LogP contribution >= 0.6 is 0 Å². The molecule has 5 rings (SSSR count). The number of piperazine rings is 1. The van der Waals surface area contributed by atoms with Gasteiger partial charge in [0, 0.05) is 43.7 Å². The number of anilines is 1. The number of rotatable bonds is 8. The molecule has 12 heteroatoms. The highest BCUT2D eigenvalue weighted by Crippen LogP contribution is 2.31. The Morgan fingerprint density at radius 2 is 1.59 bits per heavy atom. The number of nitrogens with one attached hydrogen (secondary N) is 1. The topological polar surface area (TPSA) is 87.7 Å². The monoisotopic (exact) mass is 585 g/mol. The quantitative estimate of drug-likeness (QED) is 0.299. The van der Waals surface area contributed by atoms with Crippen LogP contribution in [-0.2, 0) is 22.7 Å². The molecule has 216 valence electrons. The van der Waals surface area contributed by atoms with Crippen molar-refractivity contribution in [3.05, 3.63) is 89.7 Å². The van der Waals surface area contributed by atoms with Gasteiger partial charge in [0.05, 0.1) is 29.1 Å². The summed E-state index contributed by atoms with van der Waals surface area (Å²) in [5.74, 6) is 2.06. The standard InChI is InChI=1S/C29H30F3N5O3S/c1-20(36-15-17-37(18-16-36)41(38,39)23-13-11-22(12-14-23)29(30,31)32)27-34-25-9-5-4-8-24(25)28(35-27)33-19-21-7-3-6-10-26(21)40-2/h3-14,20H,15-19H2,1-2H3,(H,33,34,35)/t20-/m1/s1. The van der Waals surface area contributed by atoms with Crippen LogP contribution in [0.25, 0.3) is 10.9 Å². The number of benzene rings is 3. The Labute approximate surface area is 236 Å². The van der Waals surface area contributed by atoms with Crippen molar-refractivity contribution in [3.8, 4) is 5.75 Å². The maximum atomic E-state index is 13.1. The molecule has 0 amide bonds. The Hall–Kier alpha value is -3.74. The van der Waals surface area contributed by atoms with Crippen LogP contribution in [0.5, 0.6) is 5.75 Å². The van der Waals surface area contributed by atoms with E-state index >= 15 is 0 Å². The number of hydrogen-bond donors (Lipinski definition) is 1. The largest absolute Gasteiger partial charge is 0.496 e. The molecular weight excluding hydrogens is 555 g/mol. The van der Waals surface area contributed by atoms with E-state index in [1.807, 2.05) is 55.5 Å². The van der Waals surface area contributed by atoms with Gasteiger partial charge >= 0.3 is 6.18 Å². The van der Waals surface area contributed by atoms with E-state index in [9.17, 15) is 21.6 Å². The smallest absolute Gasteiger partial charge is 0.416 e. The summed E-state index contributed by atoms with van der Waals surface area (Å²) < 4.78 is 71.7. The molecule has 1 atom stereocenters. The first-order valence-electron chi connectivity index (χ1n) is 13.1. The van der Waals surface area contributed by atoms with E-state index in [0.29, 0.717) is 31.3 Å². The van der Waals surface area contributed by atoms with Gasteiger partial charge in [0.2, 0.25) is 10.0 Å². The molecule has 0 unspecified atom stereocenters. The lowest BCUT2D eigenvalue weighted by atomic mass is 10.1. The zero-order valence-electron chi connectivity index (χ0n) is 22.6. The number of alkyl halides is 3. The molecule has 3 aromatic carbocycles. The Balaban J connectivity index is 1.31. The average molecular weight is 586 g/mol. The van der Waals surface area contributed by atoms with Crippen molar-refractivity contribution >= 4 is 26.7 Å². The minimum Gasteiger partial charge on any atom is -0.496 e. The molecule has 0 bridgehead atoms. The molecule has 0 saturated carbocycles. The van der Waals surface area contributed by atoms with Gasteiger partial charge in [-0.2, -0.15) is 17.5 Å². The van der Waals surface area contributed by atoms with Crippen LogP contribution in [0.4, 0.5) is 19.0 Å². The zero-order valence-corrected chi connectivity index (χ0v) is 23.4. The predicted molar refractivity (Wildman–Crippen MR) is 150 cm³/mol. The Morgan fingerprint density at radius 1 is 0.927 bits per heavy atom. The molecule has 1 aromatic heterocycles. The van der Waals surface area contributed by atoms with Gasteiger partial charge in [-0.1, -0.05) is 30.3 Å². The summed E-state index contributed by atoms with van der Waals surface area (Å²) in [5, 5.41) is 4.31. The lowest BCUT2D eigenvalue weighted by molar-refractivity contribution is -0.137. The highest BCUT2D eigenvalue weighted by molar-refractivity contribution is 7.89. The molecule has 8 nitrogen and oxygen atoms in total. The van der Waals surface area contributed by atoms with Crippen molar-refractivity contribution in [3.63, 3.8) is 0 Å². The van der Waals surface area contributed by atoms with Crippen molar-refractivity contribution in [2.24, 2.45) is 0 Å². The van der Waals surface area contributed by atoms with Gasteiger partial charge < -0.3 is 10.1 Å². The number of fused-ring (bicyclic) bond motifs is 1. The van der Waals surface area contributed by atoms with E-state index in [1.54, 1.807) is 7.11 Å². The Bertz CT molecular complexity index is 1620. The van der Waals surface area contributed by atoms with Crippen LogP contribution < -0.4 is 10.1 Å². The number of nitrogens with zero attached hydrogens (tertiary/aromatic N) is 4. The summed E-state index contributed by atoms with van der Waals surface area (Å²) in [6.45, 7) is 3.70. The highest BCUT2D eigenvalue weighted by Gasteiger charge is 2.33. The maximum absolute atomic E-state index is 13.1. The number of methoxy groups -OCH3 is 1. The third kappa shape index (κ3) is 6.14. The van der Waals surface area contributed by atoms with Crippen LogP contribution in [0.3, 0.4) is 0 Å². The summed E-state index contributed by atoms with van der Waals surface area (Å²) in [6, 6.07) is 18.9. The summed E-state index contributed by atoms with van der Waals surface area (Å²) in [6.07, 6.45) is -4.53. The van der Waals surface area contributed by atoms with Crippen LogP contribution in [-0.4, -0.2) is 60.9 Å². The molecule has 41 heavy (non-hydrogen) atoms. The molecule has 0 aliphatic carbocycles. The molecular formula is C29H30F3N5O3S. The number of ether oxygens (including phenoxy) is 1. The molecule has 1 aliphatic rings. The molecule has 2 heterocycles. The molecule has 0 radical (unpaired) electrons. The summed E-state index contributed by atoms with van der Waals surface area (Å²) in [4.78, 5) is 11.6. The van der Waals surface area contributed by atoms with Gasteiger partial charge in [-0.25, -0.2) is 18.4 Å². The van der Waals surface area contributed by atoms with Gasteiger partial charge in [0.25, 0.3) is 0 Å². The normalized spacial score (nSPS) is 16.0. The number of para-hydroxylation sites is 2. The van der Waals surface area contributed by atoms with E-state index in [4.69, 9.17) is 14.7 Å². The predicted octanol–water partition coefficient (Wildman–Crippen LogP) is 5.34. The van der Waals surface area contributed by atoms with Crippen LogP contribution in [0.15, 0.2) is 77.7 Å². The molecule has 1 aliphatic heterocycles. The van der Waals surface area contributed by atoms with E-state index in [-0.39, 0.29) is 24.0 Å². The van der Waals surface area contributed by atoms with Crippen molar-refractivity contribution in [2.75, 3.05) is 38.6 Å². The number of halogens is 3. The van der Waals surface area contributed by atoms with Crippen molar-refractivity contribution in [1.29, 1.82) is 0 Å². The Morgan fingerprint density at radius 3 is 2.27 bits per heavy atom. The minimum absolute atomic E-state index is 0.157. The highest BCUT2D eigenvalue weighted by atomic mass is 32.2. The second kappa shape index (κ2) is 11.6. The van der Waals surface area contributed by atoms with Gasteiger partial charge in [0.15, 0.2) is 0 Å². The van der Waals surface area contributed by atoms with Crippen molar-refractivity contribution in [1.82, 2.24) is 19.2 Å². The summed E-state index contributed by atoms with van der Waals surface area (Å²) in [5.41, 5.74) is 0.885. The second-order valence-corrected chi connectivity index (χ2v) is 11.7. The molecule has 1 N–H and O–H groups in total. The first-order chi connectivity index (χ1) is 19.6. The number of sulfonamides is 1. The minimum atomic E-state index is -4.53. The zero-order chi connectivity index (χ0) is 29.2. The molecule has 1 fully saturated rings. The van der Waals surface area contributed by atoms with Crippen LogP contribution in [0, 0.1) is 0 Å². The lowest BCUT2D eigenvalue weighted by Gasteiger charge is -2.37. The van der Waals surface area contributed by atoms with Gasteiger partial charge in [-0.05, 0) is 49.4 Å². The average Bonchev–Trinajstić information content (AvgIpc) is 2.99. The van der Waals surface area contributed by atoms with Crippen LogP contribution in [0.2, 0.25) is 0 Å². The van der Waals surface area contributed by atoms with Crippen molar-refractivity contribution in [2.45, 2.75) is 30.6 Å². The van der Waals surface area contributed by atoms with E-state index < -0.39 is 21.8 Å². The first-order valence-corrected chi connectivity index (χ1v) is 14.6.